The number of nitrogens with one attached hydrogen (secondary N) is 1. The lowest BCUT2D eigenvalue weighted by Crippen LogP contribution is -2.37. The lowest BCUT2D eigenvalue weighted by molar-refractivity contribution is -0.158. The highest BCUT2D eigenvalue weighted by Crippen LogP contribution is 2.42. The van der Waals surface area contributed by atoms with Gasteiger partial charge in [0, 0.05) is 31.4 Å². The number of fused-ring (bicyclic) bond motifs is 1. The zero-order chi connectivity index (χ0) is 26.1. The van der Waals surface area contributed by atoms with E-state index >= 15 is 4.39 Å². The fourth-order valence-corrected chi connectivity index (χ4v) is 5.06. The van der Waals surface area contributed by atoms with Crippen LogP contribution in [0, 0.1) is 11.7 Å². The molecule has 4 rings (SSSR count). The summed E-state index contributed by atoms with van der Waals surface area (Å²) in [6, 6.07) is 1.22. The number of ether oxygens (including phenoxy) is 2. The van der Waals surface area contributed by atoms with Gasteiger partial charge in [-0.3, -0.25) is 19.2 Å². The van der Waals surface area contributed by atoms with Gasteiger partial charge in [0.15, 0.2) is 11.2 Å². The van der Waals surface area contributed by atoms with Crippen molar-refractivity contribution < 1.29 is 28.2 Å². The molecule has 0 unspecified atom stereocenters. The third-order valence-corrected chi connectivity index (χ3v) is 6.97. The van der Waals surface area contributed by atoms with Gasteiger partial charge in [0.25, 0.3) is 0 Å². The third kappa shape index (κ3) is 4.71. The van der Waals surface area contributed by atoms with Gasteiger partial charge in [-0.15, -0.1) is 0 Å². The van der Waals surface area contributed by atoms with Crippen LogP contribution in [0.4, 0.5) is 10.1 Å². The minimum Gasteiger partial charge on any atom is -0.465 e. The Bertz CT molecular complexity index is 1260. The highest BCUT2D eigenvalue weighted by molar-refractivity contribution is 6.38. The second-order valence-electron chi connectivity index (χ2n) is 8.95. The van der Waals surface area contributed by atoms with E-state index in [1.165, 1.54) is 20.0 Å². The fourth-order valence-electron chi connectivity index (χ4n) is 4.65. The molecule has 1 aliphatic carbocycles. The number of nitrogens with zero attached hydrogens (tertiary/aromatic N) is 2. The summed E-state index contributed by atoms with van der Waals surface area (Å²) in [4.78, 5) is 53.7. The Kier molecular flexibility index (Phi) is 7.65. The molecule has 0 spiro atoms. The Morgan fingerprint density at radius 3 is 2.33 bits per heavy atom. The molecular formula is C25H29ClFN3O6. The molecule has 2 heterocycles. The first-order valence-corrected chi connectivity index (χ1v) is 12.5. The molecule has 0 bridgehead atoms. The molecule has 1 aromatic heterocycles. The van der Waals surface area contributed by atoms with Crippen molar-refractivity contribution in [2.75, 3.05) is 38.3 Å². The van der Waals surface area contributed by atoms with Crippen LogP contribution in [0.25, 0.3) is 10.9 Å². The minimum absolute atomic E-state index is 0.0530. The van der Waals surface area contributed by atoms with Gasteiger partial charge < -0.3 is 24.3 Å². The van der Waals surface area contributed by atoms with E-state index in [4.69, 9.17) is 21.1 Å². The Balaban J connectivity index is 1.88. The number of ketones is 1. The van der Waals surface area contributed by atoms with Crippen LogP contribution in [-0.2, 0) is 19.1 Å². The monoisotopic (exact) mass is 521 g/mol. The summed E-state index contributed by atoms with van der Waals surface area (Å²) in [5.74, 6) is -5.89. The number of carbonyl (C=O) groups is 3. The zero-order valence-electron chi connectivity index (χ0n) is 20.4. The van der Waals surface area contributed by atoms with Gasteiger partial charge in [-0.25, -0.2) is 4.39 Å². The van der Waals surface area contributed by atoms with E-state index in [1.54, 1.807) is 4.57 Å². The van der Waals surface area contributed by atoms with Gasteiger partial charge in [0.05, 0.1) is 40.4 Å². The van der Waals surface area contributed by atoms with Crippen LogP contribution < -0.4 is 15.6 Å². The van der Waals surface area contributed by atoms with E-state index in [2.05, 4.69) is 5.32 Å². The molecule has 1 saturated heterocycles. The van der Waals surface area contributed by atoms with Crippen molar-refractivity contribution in [1.82, 2.24) is 9.88 Å². The second-order valence-corrected chi connectivity index (χ2v) is 9.33. The summed E-state index contributed by atoms with van der Waals surface area (Å²) >= 11 is 6.75. The molecule has 1 atom stereocenters. The van der Waals surface area contributed by atoms with E-state index in [-0.39, 0.29) is 41.4 Å². The molecule has 1 N–H and O–H groups in total. The Morgan fingerprint density at radius 2 is 1.81 bits per heavy atom. The maximum Gasteiger partial charge on any atom is 0.328 e. The number of likely N-dealkylation sites (N-methyl/N-ethyl adjacent to an activating group) is 1. The fraction of sp³-hybridized carbons (Fsp3) is 0.520. The number of esters is 2. The van der Waals surface area contributed by atoms with Crippen molar-refractivity contribution in [3.63, 3.8) is 0 Å². The Morgan fingerprint density at radius 1 is 1.17 bits per heavy atom. The standard InChI is InChI=1S/C25H29ClFN3O6/c1-4-35-24(33)18(25(34)36-5-2)23(32)16-12-30(14-6-7-14)20-15(22(16)31)10-17(27)21(19(20)26)29-9-8-13(11-29)28-3/h10,12-14,18,28H,4-9,11H2,1-3H3/t13-/m0/s1. The second kappa shape index (κ2) is 10.6. The van der Waals surface area contributed by atoms with E-state index in [9.17, 15) is 19.2 Å². The minimum atomic E-state index is -1.95. The zero-order valence-corrected chi connectivity index (χ0v) is 21.2. The number of rotatable bonds is 9. The van der Waals surface area contributed by atoms with Crippen molar-refractivity contribution in [2.45, 2.75) is 45.2 Å². The predicted molar refractivity (Wildman–Crippen MR) is 132 cm³/mol. The molecule has 9 nitrogen and oxygen atoms in total. The lowest BCUT2D eigenvalue weighted by Gasteiger charge is -2.23. The van der Waals surface area contributed by atoms with E-state index in [0.29, 0.717) is 18.6 Å². The SMILES string of the molecule is CCOC(=O)C(C(=O)OCC)C(=O)c1cn(C2CC2)c2c(Cl)c(N3CC[C@H](NC)C3)c(F)cc2c1=O. The van der Waals surface area contributed by atoms with Crippen molar-refractivity contribution in [2.24, 2.45) is 5.92 Å². The molecule has 0 radical (unpaired) electrons. The Labute approximate surface area is 212 Å². The largest absolute Gasteiger partial charge is 0.465 e. The van der Waals surface area contributed by atoms with Gasteiger partial charge in [0.1, 0.15) is 5.82 Å². The molecule has 1 saturated carbocycles. The summed E-state index contributed by atoms with van der Waals surface area (Å²) in [7, 11) is 1.84. The quantitative estimate of drug-likeness (QED) is 0.305. The van der Waals surface area contributed by atoms with Crippen molar-refractivity contribution in [3.05, 3.63) is 38.9 Å². The van der Waals surface area contributed by atoms with E-state index < -0.39 is 40.4 Å². The summed E-state index contributed by atoms with van der Waals surface area (Å²) in [5, 5.41) is 3.19. The molecule has 194 valence electrons. The number of pyridine rings is 1. The van der Waals surface area contributed by atoms with Gasteiger partial charge >= 0.3 is 11.9 Å². The Hall–Kier alpha value is -2.98. The van der Waals surface area contributed by atoms with Crippen LogP contribution in [-0.4, -0.2) is 61.7 Å². The summed E-state index contributed by atoms with van der Waals surface area (Å²) < 4.78 is 26.9. The summed E-state index contributed by atoms with van der Waals surface area (Å²) in [6.45, 7) is 4.08. The van der Waals surface area contributed by atoms with E-state index in [0.717, 1.165) is 25.3 Å². The first-order chi connectivity index (χ1) is 17.2. The number of anilines is 1. The van der Waals surface area contributed by atoms with E-state index in [1.807, 2.05) is 11.9 Å². The number of hydrogen-bond donors (Lipinski definition) is 1. The number of Topliss-reactive ketones (excluding diaryl/α,β-unsaturated/α-hetero) is 1. The smallest absolute Gasteiger partial charge is 0.328 e. The van der Waals surface area contributed by atoms with Crippen LogP contribution in [0.2, 0.25) is 5.02 Å². The number of halogens is 2. The summed E-state index contributed by atoms with van der Waals surface area (Å²) in [5.41, 5.74) is -0.688. The molecule has 1 aliphatic heterocycles. The average Bonchev–Trinajstić information content (AvgIpc) is 3.57. The topological polar surface area (TPSA) is 107 Å². The van der Waals surface area contributed by atoms with Crippen LogP contribution in [0.3, 0.4) is 0 Å². The van der Waals surface area contributed by atoms with Crippen LogP contribution in [0.15, 0.2) is 17.1 Å². The number of benzene rings is 1. The molecule has 11 heteroatoms. The predicted octanol–water partition coefficient (Wildman–Crippen LogP) is 2.85. The molecule has 1 aromatic carbocycles. The molecule has 2 aromatic rings. The number of aromatic nitrogens is 1. The van der Waals surface area contributed by atoms with Crippen molar-refractivity contribution >= 4 is 45.9 Å². The first kappa shape index (κ1) is 26.1. The van der Waals surface area contributed by atoms with Crippen LogP contribution in [0.1, 0.15) is 49.5 Å². The van der Waals surface area contributed by atoms with Crippen LogP contribution >= 0.6 is 11.6 Å². The van der Waals surface area contributed by atoms with Gasteiger partial charge in [-0.05, 0) is 46.2 Å². The third-order valence-electron chi connectivity index (χ3n) is 6.61. The summed E-state index contributed by atoms with van der Waals surface area (Å²) in [6.07, 6.45) is 3.69. The molecule has 0 amide bonds. The maximum atomic E-state index is 15.4. The molecular weight excluding hydrogens is 493 g/mol. The van der Waals surface area contributed by atoms with Crippen LogP contribution in [0.5, 0.6) is 0 Å². The van der Waals surface area contributed by atoms with Gasteiger partial charge in [-0.1, -0.05) is 11.6 Å². The maximum absolute atomic E-state index is 15.4. The van der Waals surface area contributed by atoms with Crippen molar-refractivity contribution in [3.8, 4) is 0 Å². The van der Waals surface area contributed by atoms with Gasteiger partial charge in [0.2, 0.25) is 5.92 Å². The number of carbonyl (C=O) groups excluding carboxylic acids is 3. The number of hydrogen-bond acceptors (Lipinski definition) is 8. The normalized spacial score (nSPS) is 17.6. The van der Waals surface area contributed by atoms with Gasteiger partial charge in [-0.2, -0.15) is 0 Å². The molecule has 2 fully saturated rings. The highest BCUT2D eigenvalue weighted by Gasteiger charge is 2.40. The molecule has 36 heavy (non-hydrogen) atoms. The first-order valence-electron chi connectivity index (χ1n) is 12.1. The highest BCUT2D eigenvalue weighted by atomic mass is 35.5. The molecule has 2 aliphatic rings. The van der Waals surface area contributed by atoms with Crippen molar-refractivity contribution in [1.29, 1.82) is 0 Å². The average molecular weight is 522 g/mol. The lowest BCUT2D eigenvalue weighted by atomic mass is 9.96.